The third-order valence-electron chi connectivity index (χ3n) is 2.40. The van der Waals surface area contributed by atoms with Crippen LogP contribution in [0.4, 0.5) is 5.82 Å². The molecule has 15 heavy (non-hydrogen) atoms. The minimum atomic E-state index is 0.547. The van der Waals surface area contributed by atoms with E-state index in [1.165, 1.54) is 5.69 Å². The lowest BCUT2D eigenvalue weighted by Crippen LogP contribution is -2.00. The zero-order valence-electron chi connectivity index (χ0n) is 8.99. The standard InChI is InChI=1S/C10H15N5/c1-7-5-9(15(2)14-7)4-3-8-6-10(11)13-12-8/h5-6H,3-4H2,1-2H3,(H3,11,12,13). The molecule has 0 atom stereocenters. The van der Waals surface area contributed by atoms with E-state index >= 15 is 0 Å². The third-order valence-corrected chi connectivity index (χ3v) is 2.40. The number of nitrogens with zero attached hydrogens (tertiary/aromatic N) is 3. The van der Waals surface area contributed by atoms with Crippen LogP contribution in [0.25, 0.3) is 0 Å². The molecule has 0 saturated heterocycles. The van der Waals surface area contributed by atoms with Gasteiger partial charge in [0.15, 0.2) is 0 Å². The number of nitrogens with two attached hydrogens (primary N) is 1. The van der Waals surface area contributed by atoms with E-state index in [-0.39, 0.29) is 0 Å². The quantitative estimate of drug-likeness (QED) is 0.779. The average molecular weight is 205 g/mol. The van der Waals surface area contributed by atoms with E-state index < -0.39 is 0 Å². The molecule has 5 heteroatoms. The summed E-state index contributed by atoms with van der Waals surface area (Å²) in [4.78, 5) is 0. The Morgan fingerprint density at radius 1 is 1.40 bits per heavy atom. The fourth-order valence-electron chi connectivity index (χ4n) is 1.67. The van der Waals surface area contributed by atoms with E-state index in [1.54, 1.807) is 0 Å². The number of aryl methyl sites for hydroxylation is 4. The van der Waals surface area contributed by atoms with Crippen LogP contribution in [0, 0.1) is 6.92 Å². The summed E-state index contributed by atoms with van der Waals surface area (Å²) in [6, 6.07) is 3.96. The van der Waals surface area contributed by atoms with Crippen LogP contribution in [-0.4, -0.2) is 20.0 Å². The third kappa shape index (κ3) is 2.18. The summed E-state index contributed by atoms with van der Waals surface area (Å²) in [6.45, 7) is 2.00. The molecule has 0 aromatic carbocycles. The van der Waals surface area contributed by atoms with Crippen LogP contribution in [0.2, 0.25) is 0 Å². The first-order chi connectivity index (χ1) is 7.15. The molecule has 0 saturated carbocycles. The molecule has 0 aliphatic rings. The Bertz CT molecular complexity index is 454. The van der Waals surface area contributed by atoms with Crippen molar-refractivity contribution in [3.63, 3.8) is 0 Å². The van der Waals surface area contributed by atoms with Crippen molar-refractivity contribution < 1.29 is 0 Å². The van der Waals surface area contributed by atoms with Gasteiger partial charge in [0.2, 0.25) is 0 Å². The Hall–Kier alpha value is -1.78. The summed E-state index contributed by atoms with van der Waals surface area (Å²) in [6.07, 6.45) is 1.85. The van der Waals surface area contributed by atoms with E-state index in [4.69, 9.17) is 5.73 Å². The first-order valence-corrected chi connectivity index (χ1v) is 4.94. The van der Waals surface area contributed by atoms with Gasteiger partial charge in [0.05, 0.1) is 5.69 Å². The van der Waals surface area contributed by atoms with E-state index in [9.17, 15) is 0 Å². The van der Waals surface area contributed by atoms with Gasteiger partial charge in [-0.2, -0.15) is 10.2 Å². The molecule has 0 amide bonds. The van der Waals surface area contributed by atoms with Gasteiger partial charge >= 0.3 is 0 Å². The van der Waals surface area contributed by atoms with Crippen molar-refractivity contribution in [2.24, 2.45) is 7.05 Å². The molecule has 0 unspecified atom stereocenters. The van der Waals surface area contributed by atoms with Crippen LogP contribution in [0.1, 0.15) is 17.1 Å². The normalized spacial score (nSPS) is 10.8. The Balaban J connectivity index is 2.01. The topological polar surface area (TPSA) is 72.5 Å². The summed E-state index contributed by atoms with van der Waals surface area (Å²) in [5, 5.41) is 11.1. The Kier molecular flexibility index (Phi) is 2.45. The number of hydrogen-bond acceptors (Lipinski definition) is 3. The zero-order chi connectivity index (χ0) is 10.8. The number of rotatable bonds is 3. The highest BCUT2D eigenvalue weighted by Crippen LogP contribution is 2.08. The van der Waals surface area contributed by atoms with Gasteiger partial charge in [0, 0.05) is 24.5 Å². The molecule has 5 nitrogen and oxygen atoms in total. The second kappa shape index (κ2) is 3.76. The van der Waals surface area contributed by atoms with Crippen molar-refractivity contribution in [3.8, 4) is 0 Å². The van der Waals surface area contributed by atoms with Crippen LogP contribution in [0.5, 0.6) is 0 Å². The van der Waals surface area contributed by atoms with E-state index in [2.05, 4.69) is 21.4 Å². The molecule has 3 N–H and O–H groups in total. The fraction of sp³-hybridized carbons (Fsp3) is 0.400. The smallest absolute Gasteiger partial charge is 0.145 e. The number of nitrogen functional groups attached to an aromatic ring is 1. The van der Waals surface area contributed by atoms with E-state index in [0.717, 1.165) is 24.2 Å². The van der Waals surface area contributed by atoms with Gasteiger partial charge in [-0.15, -0.1) is 0 Å². The van der Waals surface area contributed by atoms with E-state index in [1.807, 2.05) is 24.7 Å². The van der Waals surface area contributed by atoms with Crippen LogP contribution < -0.4 is 5.73 Å². The molecule has 0 aliphatic heterocycles. The molecule has 0 bridgehead atoms. The number of hydrogen-bond donors (Lipinski definition) is 2. The number of aromatic amines is 1. The molecule has 2 heterocycles. The van der Waals surface area contributed by atoms with Crippen LogP contribution >= 0.6 is 0 Å². The summed E-state index contributed by atoms with van der Waals surface area (Å²) in [5.41, 5.74) is 8.86. The minimum absolute atomic E-state index is 0.547. The van der Waals surface area contributed by atoms with Gasteiger partial charge in [-0.05, 0) is 25.8 Å². The molecule has 2 aromatic heterocycles. The maximum atomic E-state index is 5.52. The van der Waals surface area contributed by atoms with Crippen molar-refractivity contribution >= 4 is 5.82 Å². The largest absolute Gasteiger partial charge is 0.382 e. The lowest BCUT2D eigenvalue weighted by atomic mass is 10.2. The molecule has 80 valence electrons. The Labute approximate surface area is 88.3 Å². The maximum Gasteiger partial charge on any atom is 0.145 e. The Morgan fingerprint density at radius 2 is 2.20 bits per heavy atom. The number of H-pyrrole nitrogens is 1. The monoisotopic (exact) mass is 205 g/mol. The molecule has 0 spiro atoms. The SMILES string of the molecule is Cc1cc(CCc2cc(N)n[nH]2)n(C)n1. The highest BCUT2D eigenvalue weighted by molar-refractivity contribution is 5.28. The second-order valence-corrected chi connectivity index (χ2v) is 3.72. The molecule has 2 rings (SSSR count). The molecule has 0 aliphatic carbocycles. The first kappa shape index (κ1) is 9.76. The van der Waals surface area contributed by atoms with Gasteiger partial charge in [0.25, 0.3) is 0 Å². The zero-order valence-corrected chi connectivity index (χ0v) is 8.99. The van der Waals surface area contributed by atoms with Crippen molar-refractivity contribution in [2.45, 2.75) is 19.8 Å². The minimum Gasteiger partial charge on any atom is -0.382 e. The second-order valence-electron chi connectivity index (χ2n) is 3.72. The van der Waals surface area contributed by atoms with Crippen molar-refractivity contribution in [2.75, 3.05) is 5.73 Å². The Morgan fingerprint density at radius 3 is 2.73 bits per heavy atom. The predicted octanol–water partition coefficient (Wildman–Crippen LogP) is 0.819. The summed E-state index contributed by atoms with van der Waals surface area (Å²) < 4.78 is 1.91. The molecular weight excluding hydrogens is 190 g/mol. The highest BCUT2D eigenvalue weighted by atomic mass is 15.3. The van der Waals surface area contributed by atoms with E-state index in [0.29, 0.717) is 5.82 Å². The van der Waals surface area contributed by atoms with Crippen LogP contribution in [0.15, 0.2) is 12.1 Å². The van der Waals surface area contributed by atoms with Crippen molar-refractivity contribution in [1.29, 1.82) is 0 Å². The number of nitrogens with one attached hydrogen (secondary N) is 1. The lowest BCUT2D eigenvalue weighted by Gasteiger charge is -1.99. The summed E-state index contributed by atoms with van der Waals surface area (Å²) >= 11 is 0. The highest BCUT2D eigenvalue weighted by Gasteiger charge is 2.03. The van der Waals surface area contributed by atoms with Crippen LogP contribution in [-0.2, 0) is 19.9 Å². The number of anilines is 1. The predicted molar refractivity (Wildman–Crippen MR) is 58.4 cm³/mol. The van der Waals surface area contributed by atoms with Gasteiger partial charge in [-0.25, -0.2) is 0 Å². The van der Waals surface area contributed by atoms with Gasteiger partial charge < -0.3 is 5.73 Å². The maximum absolute atomic E-state index is 5.52. The van der Waals surface area contributed by atoms with Gasteiger partial charge in [-0.3, -0.25) is 9.78 Å². The van der Waals surface area contributed by atoms with Crippen LogP contribution in [0.3, 0.4) is 0 Å². The molecular formula is C10H15N5. The van der Waals surface area contributed by atoms with Crippen molar-refractivity contribution in [1.82, 2.24) is 20.0 Å². The molecule has 0 radical (unpaired) electrons. The fourth-order valence-corrected chi connectivity index (χ4v) is 1.67. The summed E-state index contributed by atoms with van der Waals surface area (Å²) in [5.74, 6) is 0.547. The molecule has 0 fully saturated rings. The van der Waals surface area contributed by atoms with Crippen molar-refractivity contribution in [3.05, 3.63) is 29.2 Å². The van der Waals surface area contributed by atoms with Gasteiger partial charge in [0.1, 0.15) is 5.82 Å². The molecule has 2 aromatic rings. The summed E-state index contributed by atoms with van der Waals surface area (Å²) in [7, 11) is 1.96. The first-order valence-electron chi connectivity index (χ1n) is 4.94. The number of aromatic nitrogens is 4. The van der Waals surface area contributed by atoms with Gasteiger partial charge in [-0.1, -0.05) is 0 Å². The lowest BCUT2D eigenvalue weighted by molar-refractivity contribution is 0.694. The average Bonchev–Trinajstić information content (AvgIpc) is 2.70.